The number of thiophene rings is 1. The Labute approximate surface area is 148 Å². The molecule has 24 heavy (non-hydrogen) atoms. The van der Waals surface area contributed by atoms with Crippen molar-refractivity contribution < 1.29 is 4.79 Å². The summed E-state index contributed by atoms with van der Waals surface area (Å²) < 4.78 is 0. The lowest BCUT2D eigenvalue weighted by atomic mass is 9.90. The molecule has 2 N–H and O–H groups in total. The summed E-state index contributed by atoms with van der Waals surface area (Å²) in [5.74, 6) is 0.0898. The van der Waals surface area contributed by atoms with E-state index in [1.807, 2.05) is 11.3 Å². The molecule has 4 heteroatoms. The topological polar surface area (TPSA) is 41.1 Å². The minimum absolute atomic E-state index is 0.0898. The van der Waals surface area contributed by atoms with Crippen LogP contribution in [0.1, 0.15) is 49.1 Å². The van der Waals surface area contributed by atoms with Gasteiger partial charge in [0.05, 0.1) is 0 Å². The van der Waals surface area contributed by atoms with Gasteiger partial charge in [-0.05, 0) is 49.1 Å². The van der Waals surface area contributed by atoms with E-state index in [0.717, 1.165) is 32.1 Å². The van der Waals surface area contributed by atoms with Gasteiger partial charge in [0.25, 0.3) is 0 Å². The highest BCUT2D eigenvalue weighted by Gasteiger charge is 2.24. The molecule has 0 saturated heterocycles. The van der Waals surface area contributed by atoms with Crippen molar-refractivity contribution in [3.8, 4) is 0 Å². The fourth-order valence-electron chi connectivity index (χ4n) is 3.56. The summed E-state index contributed by atoms with van der Waals surface area (Å²) in [5.41, 5.74) is 1.37. The number of hydrogen-bond acceptors (Lipinski definition) is 3. The van der Waals surface area contributed by atoms with E-state index in [0.29, 0.717) is 18.1 Å². The zero-order valence-electron chi connectivity index (χ0n) is 14.2. The molecule has 3 rings (SSSR count). The Morgan fingerprint density at radius 3 is 2.42 bits per heavy atom. The highest BCUT2D eigenvalue weighted by molar-refractivity contribution is 7.10. The van der Waals surface area contributed by atoms with E-state index < -0.39 is 0 Å². The Balaban J connectivity index is 1.60. The molecule has 128 valence electrons. The standard InChI is InChI=1S/C20H26N2OS/c1-15(23)21-17-9-11-18(12-10-17)22-19(20-8-5-13-24-20)14-16-6-3-2-4-7-16/h2-8,13,17-19,22H,9-12,14H2,1H3,(H,21,23)/t17?,18?,19-/m0/s1. The van der Waals surface area contributed by atoms with Gasteiger partial charge in [-0.2, -0.15) is 0 Å². The normalized spacial score (nSPS) is 22.0. The smallest absolute Gasteiger partial charge is 0.217 e. The lowest BCUT2D eigenvalue weighted by Crippen LogP contribution is -2.42. The first-order chi connectivity index (χ1) is 11.7. The first-order valence-electron chi connectivity index (χ1n) is 8.81. The fraction of sp³-hybridized carbons (Fsp3) is 0.450. The highest BCUT2D eigenvalue weighted by atomic mass is 32.1. The van der Waals surface area contributed by atoms with Crippen molar-refractivity contribution in [2.75, 3.05) is 0 Å². The van der Waals surface area contributed by atoms with E-state index >= 15 is 0 Å². The molecule has 1 aromatic carbocycles. The fourth-order valence-corrected chi connectivity index (χ4v) is 4.34. The molecule has 1 saturated carbocycles. The summed E-state index contributed by atoms with van der Waals surface area (Å²) in [5, 5.41) is 9.09. The first kappa shape index (κ1) is 17.2. The first-order valence-corrected chi connectivity index (χ1v) is 9.69. The van der Waals surface area contributed by atoms with Gasteiger partial charge in [0.2, 0.25) is 5.91 Å². The van der Waals surface area contributed by atoms with Gasteiger partial charge in [0, 0.05) is 29.9 Å². The van der Waals surface area contributed by atoms with Crippen molar-refractivity contribution in [2.45, 2.75) is 57.2 Å². The Kier molecular flexibility index (Phi) is 6.05. The van der Waals surface area contributed by atoms with Gasteiger partial charge in [0.1, 0.15) is 0 Å². The second kappa shape index (κ2) is 8.45. The van der Waals surface area contributed by atoms with Crippen molar-refractivity contribution in [3.63, 3.8) is 0 Å². The van der Waals surface area contributed by atoms with Crippen LogP contribution in [0.3, 0.4) is 0 Å². The molecule has 3 nitrogen and oxygen atoms in total. The van der Waals surface area contributed by atoms with Crippen LogP contribution in [0.5, 0.6) is 0 Å². The molecule has 1 aliphatic carbocycles. The molecular formula is C20H26N2OS. The lowest BCUT2D eigenvalue weighted by molar-refractivity contribution is -0.119. The maximum absolute atomic E-state index is 11.2. The van der Waals surface area contributed by atoms with E-state index in [-0.39, 0.29) is 5.91 Å². The lowest BCUT2D eigenvalue weighted by Gasteiger charge is -2.32. The van der Waals surface area contributed by atoms with Crippen LogP contribution in [0, 0.1) is 0 Å². The molecule has 0 spiro atoms. The van der Waals surface area contributed by atoms with Gasteiger partial charge in [-0.3, -0.25) is 4.79 Å². The average Bonchev–Trinajstić information content (AvgIpc) is 3.11. The van der Waals surface area contributed by atoms with Crippen LogP contribution < -0.4 is 10.6 Å². The largest absolute Gasteiger partial charge is 0.354 e. The van der Waals surface area contributed by atoms with E-state index in [1.165, 1.54) is 10.4 Å². The summed E-state index contributed by atoms with van der Waals surface area (Å²) in [7, 11) is 0. The van der Waals surface area contributed by atoms with Crippen LogP contribution in [0.4, 0.5) is 0 Å². The summed E-state index contributed by atoms with van der Waals surface area (Å²) in [6.07, 6.45) is 5.41. The molecule has 0 unspecified atom stereocenters. The maximum Gasteiger partial charge on any atom is 0.217 e. The maximum atomic E-state index is 11.2. The summed E-state index contributed by atoms with van der Waals surface area (Å²) in [4.78, 5) is 12.6. The third-order valence-corrected chi connectivity index (χ3v) is 5.73. The number of carbonyl (C=O) groups is 1. The zero-order chi connectivity index (χ0) is 16.8. The monoisotopic (exact) mass is 342 g/mol. The highest BCUT2D eigenvalue weighted by Crippen LogP contribution is 2.27. The summed E-state index contributed by atoms with van der Waals surface area (Å²) >= 11 is 1.83. The number of hydrogen-bond donors (Lipinski definition) is 2. The Morgan fingerprint density at radius 2 is 1.79 bits per heavy atom. The molecule has 0 bridgehead atoms. The minimum Gasteiger partial charge on any atom is -0.354 e. The van der Waals surface area contributed by atoms with Crippen LogP contribution in [0.25, 0.3) is 0 Å². The van der Waals surface area contributed by atoms with Crippen molar-refractivity contribution in [1.82, 2.24) is 10.6 Å². The summed E-state index contributed by atoms with van der Waals surface area (Å²) in [6, 6.07) is 16.3. The van der Waals surface area contributed by atoms with E-state index in [2.05, 4.69) is 58.5 Å². The molecule has 1 amide bonds. The van der Waals surface area contributed by atoms with Crippen LogP contribution in [-0.2, 0) is 11.2 Å². The zero-order valence-corrected chi connectivity index (χ0v) is 15.0. The van der Waals surface area contributed by atoms with Crippen LogP contribution in [0.15, 0.2) is 47.8 Å². The van der Waals surface area contributed by atoms with Gasteiger partial charge < -0.3 is 10.6 Å². The second-order valence-electron chi connectivity index (χ2n) is 6.67. The molecule has 1 atom stereocenters. The second-order valence-corrected chi connectivity index (χ2v) is 7.65. The SMILES string of the molecule is CC(=O)NC1CCC(N[C@@H](Cc2ccccc2)c2cccs2)CC1. The van der Waals surface area contributed by atoms with Gasteiger partial charge in [-0.15, -0.1) is 11.3 Å². The number of amides is 1. The third kappa shape index (κ3) is 4.92. The Morgan fingerprint density at radius 1 is 1.08 bits per heavy atom. The number of carbonyl (C=O) groups excluding carboxylic acids is 1. The van der Waals surface area contributed by atoms with Gasteiger partial charge >= 0.3 is 0 Å². The average molecular weight is 343 g/mol. The molecule has 0 radical (unpaired) electrons. The number of benzene rings is 1. The predicted molar refractivity (Wildman–Crippen MR) is 100 cm³/mol. The van der Waals surface area contributed by atoms with E-state index in [1.54, 1.807) is 6.92 Å². The van der Waals surface area contributed by atoms with Gasteiger partial charge in [-0.25, -0.2) is 0 Å². The molecule has 0 aliphatic heterocycles. The molecule has 1 heterocycles. The predicted octanol–water partition coefficient (Wildman–Crippen LogP) is 4.07. The van der Waals surface area contributed by atoms with Gasteiger partial charge in [0.15, 0.2) is 0 Å². The van der Waals surface area contributed by atoms with Crippen LogP contribution in [0.2, 0.25) is 0 Å². The van der Waals surface area contributed by atoms with E-state index in [4.69, 9.17) is 0 Å². The molecular weight excluding hydrogens is 316 g/mol. The van der Waals surface area contributed by atoms with Crippen LogP contribution >= 0.6 is 11.3 Å². The van der Waals surface area contributed by atoms with E-state index in [9.17, 15) is 4.79 Å². The van der Waals surface area contributed by atoms with Crippen molar-refractivity contribution in [3.05, 3.63) is 58.3 Å². The minimum atomic E-state index is 0.0898. The van der Waals surface area contributed by atoms with Crippen molar-refractivity contribution in [2.24, 2.45) is 0 Å². The Hall–Kier alpha value is -1.65. The van der Waals surface area contributed by atoms with Crippen molar-refractivity contribution in [1.29, 1.82) is 0 Å². The van der Waals surface area contributed by atoms with Gasteiger partial charge in [-0.1, -0.05) is 36.4 Å². The van der Waals surface area contributed by atoms with Crippen LogP contribution in [-0.4, -0.2) is 18.0 Å². The molecule has 2 aromatic rings. The third-order valence-electron chi connectivity index (χ3n) is 4.74. The number of rotatable bonds is 6. The molecule has 1 fully saturated rings. The van der Waals surface area contributed by atoms with Crippen molar-refractivity contribution >= 4 is 17.2 Å². The summed E-state index contributed by atoms with van der Waals surface area (Å²) in [6.45, 7) is 1.61. The Bertz CT molecular complexity index is 618. The molecule has 1 aliphatic rings. The quantitative estimate of drug-likeness (QED) is 0.831. The number of nitrogens with one attached hydrogen (secondary N) is 2. The molecule has 1 aromatic heterocycles.